The molecule has 0 bridgehead atoms. The van der Waals surface area contributed by atoms with E-state index in [1.807, 2.05) is 39.1 Å². The van der Waals surface area contributed by atoms with Crippen LogP contribution in [0.5, 0.6) is 5.75 Å². The molecular formula is C18H24N2O3S. The number of sulfonamides is 1. The molecule has 2 N–H and O–H groups in total. The molecule has 6 heteroatoms. The summed E-state index contributed by atoms with van der Waals surface area (Å²) < 4.78 is 28.5. The molecule has 0 unspecified atom stereocenters. The van der Waals surface area contributed by atoms with Crippen LogP contribution in [0, 0.1) is 6.92 Å². The van der Waals surface area contributed by atoms with Gasteiger partial charge in [0.05, 0.1) is 12.0 Å². The smallest absolute Gasteiger partial charge is 0.238 e. The monoisotopic (exact) mass is 348 g/mol. The number of aryl methyl sites for hydroxylation is 1. The standard InChI is InChI=1S/C18H24N2O3S/c1-13-8-9-18(23-4)16(10-13)12-20(3)14(2)15-6-5-7-17(11-15)24(19,21)22/h5-11,14H,12H2,1-4H3,(H2,19,21,22)/t14-/m1/s1. The second-order valence-corrected chi connectivity index (χ2v) is 7.59. The van der Waals surface area contributed by atoms with Gasteiger partial charge < -0.3 is 4.74 Å². The second-order valence-electron chi connectivity index (χ2n) is 6.02. The Balaban J connectivity index is 2.24. The summed E-state index contributed by atoms with van der Waals surface area (Å²) in [5, 5.41) is 5.22. The van der Waals surface area contributed by atoms with Crippen molar-refractivity contribution < 1.29 is 13.2 Å². The fraction of sp³-hybridized carbons (Fsp3) is 0.333. The summed E-state index contributed by atoms with van der Waals surface area (Å²) in [7, 11) is -0.0422. The number of ether oxygens (including phenoxy) is 1. The van der Waals surface area contributed by atoms with Crippen LogP contribution in [-0.4, -0.2) is 27.5 Å². The predicted octanol–water partition coefficient (Wildman–Crippen LogP) is 2.84. The Labute approximate surface area is 144 Å². The van der Waals surface area contributed by atoms with E-state index < -0.39 is 10.0 Å². The summed E-state index contributed by atoms with van der Waals surface area (Å²) in [6.45, 7) is 4.76. The van der Waals surface area contributed by atoms with Gasteiger partial charge in [-0.15, -0.1) is 0 Å². The SMILES string of the molecule is COc1ccc(C)cc1CN(C)[C@H](C)c1cccc(S(N)(=O)=O)c1. The average molecular weight is 348 g/mol. The van der Waals surface area contributed by atoms with Crippen LogP contribution in [-0.2, 0) is 16.6 Å². The van der Waals surface area contributed by atoms with Crippen molar-refractivity contribution >= 4 is 10.0 Å². The lowest BCUT2D eigenvalue weighted by atomic mass is 10.1. The molecule has 130 valence electrons. The fourth-order valence-corrected chi connectivity index (χ4v) is 3.21. The van der Waals surface area contributed by atoms with Gasteiger partial charge in [0.2, 0.25) is 10.0 Å². The number of methoxy groups -OCH3 is 1. The van der Waals surface area contributed by atoms with E-state index in [4.69, 9.17) is 9.88 Å². The van der Waals surface area contributed by atoms with Crippen LogP contribution in [0.2, 0.25) is 0 Å². The van der Waals surface area contributed by atoms with Gasteiger partial charge in [0, 0.05) is 18.2 Å². The second kappa shape index (κ2) is 7.34. The average Bonchev–Trinajstić information content (AvgIpc) is 2.53. The summed E-state index contributed by atoms with van der Waals surface area (Å²) in [6, 6.07) is 12.9. The number of hydrogen-bond acceptors (Lipinski definition) is 4. The molecule has 0 heterocycles. The maximum Gasteiger partial charge on any atom is 0.238 e. The third-order valence-electron chi connectivity index (χ3n) is 4.19. The van der Waals surface area contributed by atoms with Crippen molar-refractivity contribution in [2.75, 3.05) is 14.2 Å². The predicted molar refractivity (Wildman–Crippen MR) is 95.4 cm³/mol. The van der Waals surface area contributed by atoms with E-state index in [9.17, 15) is 8.42 Å². The van der Waals surface area contributed by atoms with Gasteiger partial charge in [0.1, 0.15) is 5.75 Å². The van der Waals surface area contributed by atoms with Crippen LogP contribution in [0.15, 0.2) is 47.4 Å². The first-order chi connectivity index (χ1) is 11.2. The number of primary sulfonamides is 1. The molecule has 0 saturated heterocycles. The molecule has 5 nitrogen and oxygen atoms in total. The minimum absolute atomic E-state index is 0.0249. The van der Waals surface area contributed by atoms with Crippen LogP contribution in [0.25, 0.3) is 0 Å². The molecule has 2 aromatic carbocycles. The van der Waals surface area contributed by atoms with Crippen molar-refractivity contribution in [3.05, 3.63) is 59.2 Å². The summed E-state index contributed by atoms with van der Waals surface area (Å²) >= 11 is 0. The Morgan fingerprint density at radius 3 is 2.54 bits per heavy atom. The maximum absolute atomic E-state index is 11.5. The highest BCUT2D eigenvalue weighted by atomic mass is 32.2. The highest BCUT2D eigenvalue weighted by Gasteiger charge is 2.16. The lowest BCUT2D eigenvalue weighted by molar-refractivity contribution is 0.248. The van der Waals surface area contributed by atoms with Crippen molar-refractivity contribution in [2.24, 2.45) is 5.14 Å². The van der Waals surface area contributed by atoms with Gasteiger partial charge in [-0.1, -0.05) is 29.8 Å². The number of rotatable bonds is 6. The number of benzene rings is 2. The van der Waals surface area contributed by atoms with Gasteiger partial charge in [-0.25, -0.2) is 13.6 Å². The lowest BCUT2D eigenvalue weighted by Crippen LogP contribution is -2.23. The normalized spacial score (nSPS) is 13.1. The molecule has 0 aromatic heterocycles. The van der Waals surface area contributed by atoms with E-state index in [1.165, 1.54) is 11.6 Å². The van der Waals surface area contributed by atoms with Gasteiger partial charge in [0.15, 0.2) is 0 Å². The highest BCUT2D eigenvalue weighted by Crippen LogP contribution is 2.26. The summed E-state index contributed by atoms with van der Waals surface area (Å²) in [5.41, 5.74) is 3.16. The third-order valence-corrected chi connectivity index (χ3v) is 5.10. The van der Waals surface area contributed by atoms with Crippen molar-refractivity contribution in [2.45, 2.75) is 31.3 Å². The molecule has 2 aromatic rings. The van der Waals surface area contributed by atoms with E-state index in [0.29, 0.717) is 6.54 Å². The Kier molecular flexibility index (Phi) is 5.64. The zero-order valence-electron chi connectivity index (χ0n) is 14.5. The molecule has 24 heavy (non-hydrogen) atoms. The lowest BCUT2D eigenvalue weighted by Gasteiger charge is -2.26. The number of nitrogens with zero attached hydrogens (tertiary/aromatic N) is 1. The van der Waals surface area contributed by atoms with E-state index in [2.05, 4.69) is 11.0 Å². The quantitative estimate of drug-likeness (QED) is 0.871. The molecule has 2 rings (SSSR count). The first-order valence-electron chi connectivity index (χ1n) is 7.69. The van der Waals surface area contributed by atoms with Crippen molar-refractivity contribution in [1.82, 2.24) is 4.90 Å². The van der Waals surface area contributed by atoms with Crippen molar-refractivity contribution in [3.63, 3.8) is 0 Å². The topological polar surface area (TPSA) is 72.6 Å². The van der Waals surface area contributed by atoms with Gasteiger partial charge in [-0.3, -0.25) is 4.90 Å². The van der Waals surface area contributed by atoms with Gasteiger partial charge >= 0.3 is 0 Å². The fourth-order valence-electron chi connectivity index (χ4n) is 2.64. The summed E-state index contributed by atoms with van der Waals surface area (Å²) in [6.07, 6.45) is 0. The highest BCUT2D eigenvalue weighted by molar-refractivity contribution is 7.89. The van der Waals surface area contributed by atoms with Gasteiger partial charge in [-0.05, 0) is 44.7 Å². The van der Waals surface area contributed by atoms with Crippen molar-refractivity contribution in [1.29, 1.82) is 0 Å². The summed E-state index contributed by atoms with van der Waals surface area (Å²) in [4.78, 5) is 2.27. The Morgan fingerprint density at radius 2 is 1.92 bits per heavy atom. The molecule has 0 radical (unpaired) electrons. The molecular weight excluding hydrogens is 324 g/mol. The third kappa shape index (κ3) is 4.35. The van der Waals surface area contributed by atoms with Crippen LogP contribution in [0.3, 0.4) is 0 Å². The molecule has 1 atom stereocenters. The van der Waals surface area contributed by atoms with Gasteiger partial charge in [-0.2, -0.15) is 0 Å². The molecule has 0 fully saturated rings. The van der Waals surface area contributed by atoms with Crippen LogP contribution in [0.1, 0.15) is 29.7 Å². The largest absolute Gasteiger partial charge is 0.496 e. The Morgan fingerprint density at radius 1 is 1.21 bits per heavy atom. The number of hydrogen-bond donors (Lipinski definition) is 1. The molecule has 0 aliphatic carbocycles. The molecule has 0 saturated carbocycles. The minimum atomic E-state index is -3.70. The first kappa shape index (κ1) is 18.4. The molecule has 0 spiro atoms. The molecule has 0 aliphatic heterocycles. The zero-order chi connectivity index (χ0) is 17.9. The van der Waals surface area contributed by atoms with Crippen LogP contribution in [0.4, 0.5) is 0 Å². The van der Waals surface area contributed by atoms with Crippen LogP contribution >= 0.6 is 0 Å². The Hall–Kier alpha value is -1.89. The number of nitrogens with two attached hydrogens (primary N) is 1. The van der Waals surface area contributed by atoms with Gasteiger partial charge in [0.25, 0.3) is 0 Å². The zero-order valence-corrected chi connectivity index (χ0v) is 15.3. The Bertz CT molecular complexity index is 819. The van der Waals surface area contributed by atoms with Crippen molar-refractivity contribution in [3.8, 4) is 5.75 Å². The first-order valence-corrected chi connectivity index (χ1v) is 9.23. The maximum atomic E-state index is 11.5. The molecule has 0 aliphatic rings. The molecule has 0 amide bonds. The van der Waals surface area contributed by atoms with E-state index in [-0.39, 0.29) is 10.9 Å². The summed E-state index contributed by atoms with van der Waals surface area (Å²) in [5.74, 6) is 0.845. The van der Waals surface area contributed by atoms with E-state index in [1.54, 1.807) is 19.2 Å². The van der Waals surface area contributed by atoms with E-state index >= 15 is 0 Å². The van der Waals surface area contributed by atoms with Crippen LogP contribution < -0.4 is 9.88 Å². The van der Waals surface area contributed by atoms with E-state index in [0.717, 1.165) is 16.9 Å². The minimum Gasteiger partial charge on any atom is -0.496 e.